The van der Waals surface area contributed by atoms with Gasteiger partial charge in [0.05, 0.1) is 6.10 Å². The zero-order valence-electron chi connectivity index (χ0n) is 14.6. The Kier molecular flexibility index (Phi) is 6.10. The molecule has 1 aliphatic carbocycles. The number of hydrogen-bond donors (Lipinski definition) is 1. The second kappa shape index (κ2) is 8.49. The van der Waals surface area contributed by atoms with Crippen LogP contribution in [0.4, 0.5) is 4.79 Å². The van der Waals surface area contributed by atoms with Crippen LogP contribution >= 0.6 is 0 Å². The van der Waals surface area contributed by atoms with Crippen molar-refractivity contribution < 1.29 is 9.53 Å². The predicted molar refractivity (Wildman–Crippen MR) is 94.9 cm³/mol. The fourth-order valence-electron chi connectivity index (χ4n) is 3.72. The molecule has 5 heteroatoms. The molecule has 1 aromatic carbocycles. The Labute approximate surface area is 145 Å². The Morgan fingerprint density at radius 1 is 1.17 bits per heavy atom. The normalized spacial score (nSPS) is 25.5. The van der Waals surface area contributed by atoms with Crippen LogP contribution in [0.2, 0.25) is 0 Å². The second-order valence-electron chi connectivity index (χ2n) is 6.92. The third-order valence-corrected chi connectivity index (χ3v) is 5.17. The van der Waals surface area contributed by atoms with E-state index < -0.39 is 0 Å². The van der Waals surface area contributed by atoms with E-state index in [9.17, 15) is 4.79 Å². The Bertz CT molecular complexity index is 523. The molecule has 1 heterocycles. The molecular weight excluding hydrogens is 302 g/mol. The quantitative estimate of drug-likeness (QED) is 0.922. The number of urea groups is 1. The molecule has 2 fully saturated rings. The van der Waals surface area contributed by atoms with Gasteiger partial charge in [0.2, 0.25) is 0 Å². The molecule has 2 amide bonds. The highest BCUT2D eigenvalue weighted by atomic mass is 16.5. The average molecular weight is 331 g/mol. The fourth-order valence-corrected chi connectivity index (χ4v) is 3.72. The van der Waals surface area contributed by atoms with Crippen LogP contribution in [0.15, 0.2) is 30.3 Å². The zero-order chi connectivity index (χ0) is 16.8. The lowest BCUT2D eigenvalue weighted by molar-refractivity contribution is 0.107. The van der Waals surface area contributed by atoms with Crippen LogP contribution in [0.25, 0.3) is 0 Å². The SMILES string of the molecule is COC1CCC(NC(=O)N2CCCN(Cc3ccccc3)CC2)C1. The van der Waals surface area contributed by atoms with Crippen molar-refractivity contribution in [2.24, 2.45) is 0 Å². The van der Waals surface area contributed by atoms with Gasteiger partial charge in [-0.1, -0.05) is 30.3 Å². The molecule has 0 aromatic heterocycles. The molecule has 0 bridgehead atoms. The Morgan fingerprint density at radius 2 is 2.00 bits per heavy atom. The Balaban J connectivity index is 1.45. The molecule has 1 aromatic rings. The van der Waals surface area contributed by atoms with E-state index in [0.717, 1.165) is 58.4 Å². The molecule has 0 spiro atoms. The summed E-state index contributed by atoms with van der Waals surface area (Å²) in [5.74, 6) is 0. The minimum atomic E-state index is 0.0957. The summed E-state index contributed by atoms with van der Waals surface area (Å²) in [5, 5.41) is 3.19. The first-order chi connectivity index (χ1) is 11.7. The number of nitrogens with zero attached hydrogens (tertiary/aromatic N) is 2. The molecular formula is C19H29N3O2. The van der Waals surface area contributed by atoms with Gasteiger partial charge in [0, 0.05) is 45.9 Å². The van der Waals surface area contributed by atoms with Gasteiger partial charge >= 0.3 is 6.03 Å². The number of ether oxygens (including phenoxy) is 1. The van der Waals surface area contributed by atoms with Gasteiger partial charge in [0.15, 0.2) is 0 Å². The van der Waals surface area contributed by atoms with Gasteiger partial charge in [0.25, 0.3) is 0 Å². The van der Waals surface area contributed by atoms with Crippen LogP contribution in [0, 0.1) is 0 Å². The summed E-state index contributed by atoms with van der Waals surface area (Å²) in [4.78, 5) is 16.9. The van der Waals surface area contributed by atoms with Crippen molar-refractivity contribution in [3.63, 3.8) is 0 Å². The lowest BCUT2D eigenvalue weighted by atomic mass is 10.2. The molecule has 24 heavy (non-hydrogen) atoms. The van der Waals surface area contributed by atoms with Gasteiger partial charge < -0.3 is 15.0 Å². The lowest BCUT2D eigenvalue weighted by Crippen LogP contribution is -2.45. The van der Waals surface area contributed by atoms with Crippen molar-refractivity contribution in [3.8, 4) is 0 Å². The molecule has 2 unspecified atom stereocenters. The highest BCUT2D eigenvalue weighted by molar-refractivity contribution is 5.74. The Hall–Kier alpha value is -1.59. The third kappa shape index (κ3) is 4.71. The number of amides is 2. The molecule has 1 saturated carbocycles. The first-order valence-electron chi connectivity index (χ1n) is 9.09. The first kappa shape index (κ1) is 17.2. The molecule has 132 valence electrons. The number of rotatable bonds is 4. The summed E-state index contributed by atoms with van der Waals surface area (Å²) < 4.78 is 5.39. The lowest BCUT2D eigenvalue weighted by Gasteiger charge is -2.24. The van der Waals surface area contributed by atoms with E-state index in [1.165, 1.54) is 5.56 Å². The molecule has 1 saturated heterocycles. The second-order valence-corrected chi connectivity index (χ2v) is 6.92. The molecule has 2 aliphatic rings. The first-order valence-corrected chi connectivity index (χ1v) is 9.09. The summed E-state index contributed by atoms with van der Waals surface area (Å²) in [6.07, 6.45) is 4.35. The molecule has 1 aliphatic heterocycles. The molecule has 3 rings (SSSR count). The van der Waals surface area contributed by atoms with Gasteiger partial charge in [-0.3, -0.25) is 4.90 Å². The van der Waals surface area contributed by atoms with E-state index in [1.54, 1.807) is 7.11 Å². The number of carbonyl (C=O) groups excluding carboxylic acids is 1. The minimum absolute atomic E-state index is 0.0957. The summed E-state index contributed by atoms with van der Waals surface area (Å²) in [5.41, 5.74) is 1.34. The predicted octanol–water partition coefficient (Wildman–Crippen LogP) is 2.47. The topological polar surface area (TPSA) is 44.8 Å². The van der Waals surface area contributed by atoms with Crippen LogP contribution in [-0.4, -0.2) is 61.3 Å². The fraction of sp³-hybridized carbons (Fsp3) is 0.632. The maximum absolute atomic E-state index is 12.5. The van der Waals surface area contributed by atoms with Crippen molar-refractivity contribution in [3.05, 3.63) is 35.9 Å². The number of carbonyl (C=O) groups is 1. The Morgan fingerprint density at radius 3 is 2.75 bits per heavy atom. The van der Waals surface area contributed by atoms with Crippen LogP contribution < -0.4 is 5.32 Å². The number of methoxy groups -OCH3 is 1. The summed E-state index contributed by atoms with van der Waals surface area (Å²) in [6, 6.07) is 10.9. The minimum Gasteiger partial charge on any atom is -0.381 e. The summed E-state index contributed by atoms with van der Waals surface area (Å²) in [6.45, 7) is 4.60. The standard InChI is InChI=1S/C19H29N3O2/c1-24-18-9-8-17(14-18)20-19(23)22-11-5-10-21(12-13-22)15-16-6-3-2-4-7-16/h2-4,6-7,17-18H,5,8-15H2,1H3,(H,20,23). The highest BCUT2D eigenvalue weighted by Crippen LogP contribution is 2.21. The van der Waals surface area contributed by atoms with Gasteiger partial charge in [-0.05, 0) is 31.2 Å². The van der Waals surface area contributed by atoms with E-state index in [2.05, 4.69) is 40.5 Å². The van der Waals surface area contributed by atoms with E-state index >= 15 is 0 Å². The van der Waals surface area contributed by atoms with Crippen molar-refractivity contribution in [2.45, 2.75) is 44.4 Å². The van der Waals surface area contributed by atoms with E-state index in [1.807, 2.05) is 4.90 Å². The van der Waals surface area contributed by atoms with Gasteiger partial charge in [-0.25, -0.2) is 4.79 Å². The van der Waals surface area contributed by atoms with Crippen molar-refractivity contribution in [1.82, 2.24) is 15.1 Å². The van der Waals surface area contributed by atoms with E-state index in [-0.39, 0.29) is 12.1 Å². The van der Waals surface area contributed by atoms with Crippen molar-refractivity contribution >= 4 is 6.03 Å². The molecule has 5 nitrogen and oxygen atoms in total. The number of nitrogens with one attached hydrogen (secondary N) is 1. The van der Waals surface area contributed by atoms with Crippen LogP contribution in [0.5, 0.6) is 0 Å². The van der Waals surface area contributed by atoms with Crippen LogP contribution in [-0.2, 0) is 11.3 Å². The third-order valence-electron chi connectivity index (χ3n) is 5.17. The molecule has 0 radical (unpaired) electrons. The largest absolute Gasteiger partial charge is 0.381 e. The van der Waals surface area contributed by atoms with Crippen LogP contribution in [0.3, 0.4) is 0 Å². The van der Waals surface area contributed by atoms with Gasteiger partial charge in [0.1, 0.15) is 0 Å². The highest BCUT2D eigenvalue weighted by Gasteiger charge is 2.27. The van der Waals surface area contributed by atoms with E-state index in [4.69, 9.17) is 4.74 Å². The van der Waals surface area contributed by atoms with E-state index in [0.29, 0.717) is 6.10 Å². The van der Waals surface area contributed by atoms with Gasteiger partial charge in [-0.15, -0.1) is 0 Å². The average Bonchev–Trinajstić information content (AvgIpc) is 2.92. The number of benzene rings is 1. The maximum atomic E-state index is 12.5. The zero-order valence-corrected chi connectivity index (χ0v) is 14.6. The smallest absolute Gasteiger partial charge is 0.317 e. The van der Waals surface area contributed by atoms with Crippen molar-refractivity contribution in [1.29, 1.82) is 0 Å². The van der Waals surface area contributed by atoms with Crippen LogP contribution in [0.1, 0.15) is 31.2 Å². The molecule has 2 atom stereocenters. The number of hydrogen-bond acceptors (Lipinski definition) is 3. The maximum Gasteiger partial charge on any atom is 0.317 e. The summed E-state index contributed by atoms with van der Waals surface area (Å²) in [7, 11) is 1.75. The van der Waals surface area contributed by atoms with Gasteiger partial charge in [-0.2, -0.15) is 0 Å². The van der Waals surface area contributed by atoms with Crippen molar-refractivity contribution in [2.75, 3.05) is 33.3 Å². The summed E-state index contributed by atoms with van der Waals surface area (Å²) >= 11 is 0. The monoisotopic (exact) mass is 331 g/mol. The molecule has 1 N–H and O–H groups in total.